The van der Waals surface area contributed by atoms with Crippen molar-refractivity contribution < 1.29 is 0 Å². The van der Waals surface area contributed by atoms with Gasteiger partial charge in [0.2, 0.25) is 0 Å². The summed E-state index contributed by atoms with van der Waals surface area (Å²) >= 11 is 0. The van der Waals surface area contributed by atoms with Crippen LogP contribution in [0.15, 0.2) is 0 Å². The lowest BCUT2D eigenvalue weighted by molar-refractivity contribution is 0.362. The highest BCUT2D eigenvalue weighted by Crippen LogP contribution is 2.04. The molecule has 0 radical (unpaired) electrons. The molecular weight excluding hydrogens is 124 g/mol. The number of rotatable bonds is 2. The predicted octanol–water partition coefficient (Wildman–Crippen LogP) is 0.594. The van der Waals surface area contributed by atoms with Gasteiger partial charge in [0.05, 0.1) is 0 Å². The van der Waals surface area contributed by atoms with Gasteiger partial charge in [-0.2, -0.15) is 0 Å². The molecule has 0 aliphatic carbocycles. The zero-order valence-corrected chi connectivity index (χ0v) is 6.98. The summed E-state index contributed by atoms with van der Waals surface area (Å²) in [5.41, 5.74) is 0. The van der Waals surface area contributed by atoms with Gasteiger partial charge in [-0.1, -0.05) is 13.8 Å². The largest absolute Gasteiger partial charge is 0.314 e. The zero-order valence-electron chi connectivity index (χ0n) is 6.98. The maximum atomic E-state index is 3.49. The van der Waals surface area contributed by atoms with E-state index in [1.54, 1.807) is 0 Å². The standard InChI is InChI=1S/C8H18N2/c1-7(2)5-8-6-9-3-4-10-8/h7-10H,3-6H2,1-2H3/t8-/m1/s1. The van der Waals surface area contributed by atoms with Crippen molar-refractivity contribution in [2.75, 3.05) is 19.6 Å². The van der Waals surface area contributed by atoms with Crippen molar-refractivity contribution in [3.05, 3.63) is 0 Å². The van der Waals surface area contributed by atoms with Gasteiger partial charge in [-0.15, -0.1) is 0 Å². The molecule has 1 aliphatic rings. The summed E-state index contributed by atoms with van der Waals surface area (Å²) in [7, 11) is 0. The van der Waals surface area contributed by atoms with Crippen LogP contribution in [0.5, 0.6) is 0 Å². The third-order valence-electron chi connectivity index (χ3n) is 1.88. The van der Waals surface area contributed by atoms with Crippen LogP contribution in [0.2, 0.25) is 0 Å². The Morgan fingerprint density at radius 3 is 2.70 bits per heavy atom. The van der Waals surface area contributed by atoms with E-state index in [-0.39, 0.29) is 0 Å². The highest BCUT2D eigenvalue weighted by molar-refractivity contribution is 4.75. The van der Waals surface area contributed by atoms with Crippen LogP contribution < -0.4 is 10.6 Å². The number of piperazine rings is 1. The summed E-state index contributed by atoms with van der Waals surface area (Å²) in [6.45, 7) is 7.97. The van der Waals surface area contributed by atoms with Crippen molar-refractivity contribution in [1.82, 2.24) is 10.6 Å². The van der Waals surface area contributed by atoms with Gasteiger partial charge in [-0.3, -0.25) is 0 Å². The summed E-state index contributed by atoms with van der Waals surface area (Å²) in [6.07, 6.45) is 1.30. The van der Waals surface area contributed by atoms with Crippen LogP contribution in [0.3, 0.4) is 0 Å². The Hall–Kier alpha value is -0.0800. The molecule has 0 saturated carbocycles. The van der Waals surface area contributed by atoms with Gasteiger partial charge in [0, 0.05) is 25.7 Å². The summed E-state index contributed by atoms with van der Waals surface area (Å²) in [6, 6.07) is 0.716. The lowest BCUT2D eigenvalue weighted by Crippen LogP contribution is -2.48. The number of hydrogen-bond acceptors (Lipinski definition) is 2. The topological polar surface area (TPSA) is 24.1 Å². The molecule has 2 nitrogen and oxygen atoms in total. The minimum Gasteiger partial charge on any atom is -0.314 e. The first-order valence-corrected chi connectivity index (χ1v) is 4.23. The fourth-order valence-electron chi connectivity index (χ4n) is 1.45. The molecule has 0 aromatic carbocycles. The maximum Gasteiger partial charge on any atom is 0.0195 e. The molecule has 1 aliphatic heterocycles. The van der Waals surface area contributed by atoms with Gasteiger partial charge >= 0.3 is 0 Å². The highest BCUT2D eigenvalue weighted by atomic mass is 15.0. The van der Waals surface area contributed by atoms with Gasteiger partial charge in [0.25, 0.3) is 0 Å². The number of hydrogen-bond donors (Lipinski definition) is 2. The van der Waals surface area contributed by atoms with E-state index in [0.717, 1.165) is 25.6 Å². The van der Waals surface area contributed by atoms with Crippen molar-refractivity contribution in [3.8, 4) is 0 Å². The quantitative estimate of drug-likeness (QED) is 0.590. The first kappa shape index (κ1) is 8.02. The van der Waals surface area contributed by atoms with Crippen LogP contribution in [0, 0.1) is 5.92 Å². The Bertz CT molecular complexity index is 85.3. The van der Waals surface area contributed by atoms with Gasteiger partial charge < -0.3 is 10.6 Å². The van der Waals surface area contributed by atoms with E-state index < -0.39 is 0 Å². The van der Waals surface area contributed by atoms with Crippen LogP contribution in [0.1, 0.15) is 20.3 Å². The average molecular weight is 142 g/mol. The summed E-state index contributed by atoms with van der Waals surface area (Å²) in [4.78, 5) is 0. The molecule has 0 bridgehead atoms. The summed E-state index contributed by atoms with van der Waals surface area (Å²) in [5, 5.41) is 6.87. The normalized spacial score (nSPS) is 27.3. The minimum atomic E-state index is 0.716. The van der Waals surface area contributed by atoms with E-state index in [2.05, 4.69) is 24.5 Å². The van der Waals surface area contributed by atoms with Crippen molar-refractivity contribution in [2.24, 2.45) is 5.92 Å². The van der Waals surface area contributed by atoms with E-state index in [4.69, 9.17) is 0 Å². The molecular formula is C8H18N2. The van der Waals surface area contributed by atoms with Crippen LogP contribution in [-0.2, 0) is 0 Å². The molecule has 0 amide bonds. The summed E-state index contributed by atoms with van der Waals surface area (Å²) < 4.78 is 0. The Labute approximate surface area is 63.4 Å². The fourth-order valence-corrected chi connectivity index (χ4v) is 1.45. The Morgan fingerprint density at radius 2 is 2.20 bits per heavy atom. The van der Waals surface area contributed by atoms with E-state index in [1.165, 1.54) is 6.42 Å². The molecule has 0 unspecified atom stereocenters. The van der Waals surface area contributed by atoms with Gasteiger partial charge in [0.15, 0.2) is 0 Å². The SMILES string of the molecule is CC(C)C[C@@H]1CNCCN1. The van der Waals surface area contributed by atoms with E-state index >= 15 is 0 Å². The van der Waals surface area contributed by atoms with Crippen LogP contribution >= 0.6 is 0 Å². The van der Waals surface area contributed by atoms with Gasteiger partial charge in [-0.25, -0.2) is 0 Å². The minimum absolute atomic E-state index is 0.716. The second-order valence-corrected chi connectivity index (χ2v) is 3.48. The maximum absolute atomic E-state index is 3.49. The molecule has 1 atom stereocenters. The summed E-state index contributed by atoms with van der Waals surface area (Å²) in [5.74, 6) is 0.817. The first-order chi connectivity index (χ1) is 4.79. The molecule has 10 heavy (non-hydrogen) atoms. The molecule has 1 heterocycles. The van der Waals surface area contributed by atoms with E-state index in [0.29, 0.717) is 6.04 Å². The monoisotopic (exact) mass is 142 g/mol. The molecule has 1 saturated heterocycles. The second kappa shape index (κ2) is 3.94. The average Bonchev–Trinajstić information content (AvgIpc) is 1.88. The lowest BCUT2D eigenvalue weighted by atomic mass is 10.0. The van der Waals surface area contributed by atoms with Crippen LogP contribution in [0.25, 0.3) is 0 Å². The molecule has 0 spiro atoms. The van der Waals surface area contributed by atoms with Crippen molar-refractivity contribution >= 4 is 0 Å². The highest BCUT2D eigenvalue weighted by Gasteiger charge is 2.12. The molecule has 2 heteroatoms. The first-order valence-electron chi connectivity index (χ1n) is 4.23. The fraction of sp³-hybridized carbons (Fsp3) is 1.00. The molecule has 0 aromatic rings. The molecule has 1 fully saturated rings. The van der Waals surface area contributed by atoms with E-state index in [9.17, 15) is 0 Å². The molecule has 2 N–H and O–H groups in total. The third kappa shape index (κ3) is 2.67. The zero-order chi connectivity index (χ0) is 7.40. The van der Waals surface area contributed by atoms with Crippen molar-refractivity contribution in [3.63, 3.8) is 0 Å². The van der Waals surface area contributed by atoms with Crippen LogP contribution in [0.4, 0.5) is 0 Å². The van der Waals surface area contributed by atoms with Crippen molar-refractivity contribution in [2.45, 2.75) is 26.3 Å². The lowest BCUT2D eigenvalue weighted by Gasteiger charge is -2.25. The van der Waals surface area contributed by atoms with Gasteiger partial charge in [-0.05, 0) is 12.3 Å². The number of nitrogens with one attached hydrogen (secondary N) is 2. The van der Waals surface area contributed by atoms with Crippen LogP contribution in [-0.4, -0.2) is 25.7 Å². The van der Waals surface area contributed by atoms with Crippen molar-refractivity contribution in [1.29, 1.82) is 0 Å². The predicted molar refractivity (Wildman–Crippen MR) is 44.1 cm³/mol. The Balaban J connectivity index is 2.13. The molecule has 1 rings (SSSR count). The second-order valence-electron chi connectivity index (χ2n) is 3.48. The smallest absolute Gasteiger partial charge is 0.0195 e. The van der Waals surface area contributed by atoms with E-state index in [1.807, 2.05) is 0 Å². The third-order valence-corrected chi connectivity index (χ3v) is 1.88. The van der Waals surface area contributed by atoms with Gasteiger partial charge in [0.1, 0.15) is 0 Å². The molecule has 60 valence electrons. The Morgan fingerprint density at radius 1 is 1.40 bits per heavy atom. The Kier molecular flexibility index (Phi) is 3.16. The molecule has 0 aromatic heterocycles.